The molecule has 0 unspecified atom stereocenters. The number of hydrogen-bond acceptors (Lipinski definition) is 5. The van der Waals surface area contributed by atoms with Crippen molar-refractivity contribution in [1.82, 2.24) is 15.2 Å². The Labute approximate surface area is 137 Å². The van der Waals surface area contributed by atoms with Crippen molar-refractivity contribution < 1.29 is 14.3 Å². The van der Waals surface area contributed by atoms with Crippen LogP contribution in [0.4, 0.5) is 0 Å². The second kappa shape index (κ2) is 7.38. The lowest BCUT2D eigenvalue weighted by Crippen LogP contribution is -2.63. The lowest BCUT2D eigenvalue weighted by Gasteiger charge is -2.47. The molecule has 0 bridgehead atoms. The third-order valence-corrected chi connectivity index (χ3v) is 4.83. The minimum atomic E-state index is 0.0676. The Bertz CT molecular complexity index is 525. The van der Waals surface area contributed by atoms with E-state index in [2.05, 4.69) is 10.3 Å². The van der Waals surface area contributed by atoms with Gasteiger partial charge in [0, 0.05) is 50.5 Å². The summed E-state index contributed by atoms with van der Waals surface area (Å²) in [5.41, 5.74) is 1.15. The summed E-state index contributed by atoms with van der Waals surface area (Å²) in [6.07, 6.45) is 4.83. The number of ether oxygens (including phenoxy) is 2. The summed E-state index contributed by atoms with van der Waals surface area (Å²) in [6, 6.07) is 4.12. The van der Waals surface area contributed by atoms with Gasteiger partial charge < -0.3 is 14.8 Å². The predicted molar refractivity (Wildman–Crippen MR) is 85.7 cm³/mol. The summed E-state index contributed by atoms with van der Waals surface area (Å²) in [4.78, 5) is 18.4. The van der Waals surface area contributed by atoms with Gasteiger partial charge in [-0.25, -0.2) is 0 Å². The van der Waals surface area contributed by atoms with Crippen molar-refractivity contribution in [2.45, 2.75) is 25.1 Å². The summed E-state index contributed by atoms with van der Waals surface area (Å²) >= 11 is 0. The van der Waals surface area contributed by atoms with Gasteiger partial charge in [-0.3, -0.25) is 14.7 Å². The van der Waals surface area contributed by atoms with Crippen molar-refractivity contribution in [3.63, 3.8) is 0 Å². The molecule has 3 rings (SSSR count). The van der Waals surface area contributed by atoms with Crippen LogP contribution >= 0.6 is 0 Å². The summed E-state index contributed by atoms with van der Waals surface area (Å²) in [7, 11) is 3.65. The van der Waals surface area contributed by atoms with Gasteiger partial charge in [0.25, 0.3) is 0 Å². The number of nitrogens with zero attached hydrogens (tertiary/aromatic N) is 2. The number of pyridine rings is 1. The molecule has 6 nitrogen and oxygen atoms in total. The number of nitrogens with one attached hydrogen (secondary N) is 1. The molecule has 1 saturated carbocycles. The van der Waals surface area contributed by atoms with E-state index in [0.29, 0.717) is 19.1 Å². The topological polar surface area (TPSA) is 63.7 Å². The van der Waals surface area contributed by atoms with Gasteiger partial charge >= 0.3 is 0 Å². The molecule has 6 heteroatoms. The van der Waals surface area contributed by atoms with Gasteiger partial charge in [0.2, 0.25) is 5.91 Å². The smallest absolute Gasteiger partial charge is 0.234 e. The highest BCUT2D eigenvalue weighted by Gasteiger charge is 2.54. The van der Waals surface area contributed by atoms with Crippen LogP contribution in [0, 0.1) is 11.8 Å². The Balaban J connectivity index is 1.48. The van der Waals surface area contributed by atoms with E-state index in [9.17, 15) is 4.79 Å². The molecule has 2 fully saturated rings. The number of carbonyl (C=O) groups excluding carboxylic acids is 1. The van der Waals surface area contributed by atoms with E-state index >= 15 is 0 Å². The quantitative estimate of drug-likeness (QED) is 0.801. The first-order valence-electron chi connectivity index (χ1n) is 8.16. The van der Waals surface area contributed by atoms with E-state index in [1.54, 1.807) is 19.5 Å². The van der Waals surface area contributed by atoms with Crippen LogP contribution in [0.25, 0.3) is 0 Å². The molecule has 2 heterocycles. The molecule has 1 aromatic heterocycles. The van der Waals surface area contributed by atoms with E-state index in [4.69, 9.17) is 9.47 Å². The van der Waals surface area contributed by atoms with Gasteiger partial charge in [-0.05, 0) is 31.2 Å². The van der Waals surface area contributed by atoms with Crippen molar-refractivity contribution in [3.8, 4) is 0 Å². The molecule has 1 aromatic rings. The van der Waals surface area contributed by atoms with Crippen molar-refractivity contribution in [2.75, 3.05) is 33.9 Å². The zero-order valence-electron chi connectivity index (χ0n) is 13.8. The van der Waals surface area contributed by atoms with Gasteiger partial charge in [0.15, 0.2) is 0 Å². The van der Waals surface area contributed by atoms with Gasteiger partial charge in [0.1, 0.15) is 0 Å². The Kier molecular flexibility index (Phi) is 5.25. The summed E-state index contributed by atoms with van der Waals surface area (Å²) < 4.78 is 11.0. The van der Waals surface area contributed by atoms with E-state index < -0.39 is 0 Å². The number of hydrogen-bond donors (Lipinski definition) is 1. The monoisotopic (exact) mass is 319 g/mol. The first-order valence-corrected chi connectivity index (χ1v) is 8.16. The van der Waals surface area contributed by atoms with Crippen LogP contribution in [0.3, 0.4) is 0 Å². The molecular weight excluding hydrogens is 294 g/mol. The van der Waals surface area contributed by atoms with Crippen LogP contribution in [0.5, 0.6) is 0 Å². The molecule has 1 saturated heterocycles. The fourth-order valence-corrected chi connectivity index (χ4v) is 3.77. The maximum Gasteiger partial charge on any atom is 0.234 e. The minimum absolute atomic E-state index is 0.0676. The largest absolute Gasteiger partial charge is 0.384 e. The van der Waals surface area contributed by atoms with E-state index in [0.717, 1.165) is 25.1 Å². The molecule has 126 valence electrons. The predicted octanol–water partition coefficient (Wildman–Crippen LogP) is 0.680. The van der Waals surface area contributed by atoms with E-state index in [1.165, 1.54) is 0 Å². The van der Waals surface area contributed by atoms with Crippen LogP contribution in [0.15, 0.2) is 24.5 Å². The zero-order chi connectivity index (χ0) is 16.2. The second-order valence-corrected chi connectivity index (χ2v) is 6.53. The highest BCUT2D eigenvalue weighted by Crippen LogP contribution is 2.43. The molecule has 2 aliphatic rings. The van der Waals surface area contributed by atoms with E-state index in [1.807, 2.05) is 24.1 Å². The average Bonchev–Trinajstić information content (AvgIpc) is 2.96. The number of aromatic nitrogens is 1. The number of fused-ring (bicyclic) bond motifs is 1. The standard InChI is InChI=1S/C17H25N3O3/c1-20(9-12-3-6-18-7-4-12)10-15(21)19-16-13-5-8-23-17(13)14(16)11-22-2/h3-4,6-7,13-14,16-17H,5,8-11H2,1-2H3,(H,19,21)/t13-,14-,16-,17-/m0/s1. The molecular formula is C17H25N3O3. The van der Waals surface area contributed by atoms with Crippen LogP contribution in [-0.4, -0.2) is 61.9 Å². The molecule has 1 aliphatic carbocycles. The molecule has 0 aromatic carbocycles. The number of methoxy groups -OCH3 is 1. The summed E-state index contributed by atoms with van der Waals surface area (Å²) in [5, 5.41) is 3.19. The number of rotatable bonds is 7. The molecule has 1 amide bonds. The third-order valence-electron chi connectivity index (χ3n) is 4.83. The fraction of sp³-hybridized carbons (Fsp3) is 0.647. The van der Waals surface area contributed by atoms with Crippen LogP contribution in [0.1, 0.15) is 12.0 Å². The highest BCUT2D eigenvalue weighted by atomic mass is 16.5. The van der Waals surface area contributed by atoms with Gasteiger partial charge in [-0.2, -0.15) is 0 Å². The first-order chi connectivity index (χ1) is 11.2. The minimum Gasteiger partial charge on any atom is -0.384 e. The summed E-state index contributed by atoms with van der Waals surface area (Å²) in [6.45, 7) is 2.55. The maximum absolute atomic E-state index is 12.3. The van der Waals surface area contributed by atoms with Crippen molar-refractivity contribution >= 4 is 5.91 Å². The first kappa shape index (κ1) is 16.4. The van der Waals surface area contributed by atoms with Crippen molar-refractivity contribution in [1.29, 1.82) is 0 Å². The summed E-state index contributed by atoms with van der Waals surface area (Å²) in [5.74, 6) is 0.796. The highest BCUT2D eigenvalue weighted by molar-refractivity contribution is 5.78. The second-order valence-electron chi connectivity index (χ2n) is 6.53. The molecule has 0 spiro atoms. The zero-order valence-corrected chi connectivity index (χ0v) is 13.8. The van der Waals surface area contributed by atoms with Gasteiger partial charge in [-0.15, -0.1) is 0 Å². The van der Waals surface area contributed by atoms with Crippen LogP contribution in [0.2, 0.25) is 0 Å². The number of amides is 1. The molecule has 1 aliphatic heterocycles. The molecule has 1 N–H and O–H groups in total. The van der Waals surface area contributed by atoms with Gasteiger partial charge in [-0.1, -0.05) is 0 Å². The van der Waals surface area contributed by atoms with E-state index in [-0.39, 0.29) is 24.0 Å². The fourth-order valence-electron chi connectivity index (χ4n) is 3.77. The third kappa shape index (κ3) is 3.71. The van der Waals surface area contributed by atoms with Crippen molar-refractivity contribution in [3.05, 3.63) is 30.1 Å². The average molecular weight is 319 g/mol. The van der Waals surface area contributed by atoms with Crippen LogP contribution < -0.4 is 5.32 Å². The van der Waals surface area contributed by atoms with Crippen molar-refractivity contribution in [2.24, 2.45) is 11.8 Å². The Morgan fingerprint density at radius 2 is 2.26 bits per heavy atom. The van der Waals surface area contributed by atoms with Crippen LogP contribution in [-0.2, 0) is 20.8 Å². The Morgan fingerprint density at radius 3 is 3.00 bits per heavy atom. The Hall–Kier alpha value is -1.50. The normalized spacial score (nSPS) is 29.2. The molecule has 4 atom stereocenters. The lowest BCUT2D eigenvalue weighted by atomic mass is 9.67. The molecule has 0 radical (unpaired) electrons. The Morgan fingerprint density at radius 1 is 1.48 bits per heavy atom. The SMILES string of the molecule is COC[C@H]1[C@@H](NC(=O)CN(C)Cc2ccncc2)[C@@H]2CCO[C@@H]21. The number of carbonyl (C=O) groups is 1. The lowest BCUT2D eigenvalue weighted by molar-refractivity contribution is -0.130. The van der Waals surface area contributed by atoms with Gasteiger partial charge in [0.05, 0.1) is 19.3 Å². The number of likely N-dealkylation sites (N-methyl/N-ethyl adjacent to an activating group) is 1. The maximum atomic E-state index is 12.3. The molecule has 23 heavy (non-hydrogen) atoms.